The van der Waals surface area contributed by atoms with Crippen molar-refractivity contribution in [2.24, 2.45) is 5.92 Å². The van der Waals surface area contributed by atoms with Gasteiger partial charge in [-0.05, 0) is 44.1 Å². The maximum atomic E-state index is 12.4. The molecular weight excluding hydrogens is 406 g/mol. The van der Waals surface area contributed by atoms with E-state index in [0.29, 0.717) is 17.8 Å². The van der Waals surface area contributed by atoms with Crippen molar-refractivity contribution in [2.45, 2.75) is 50.7 Å². The van der Waals surface area contributed by atoms with Crippen LogP contribution in [0.4, 0.5) is 17.8 Å². The summed E-state index contributed by atoms with van der Waals surface area (Å²) in [5.74, 6) is 2.91. The van der Waals surface area contributed by atoms with Crippen LogP contribution in [-0.2, 0) is 11.3 Å². The summed E-state index contributed by atoms with van der Waals surface area (Å²) in [5.41, 5.74) is 1.26. The van der Waals surface area contributed by atoms with E-state index in [1.807, 2.05) is 10.6 Å². The summed E-state index contributed by atoms with van der Waals surface area (Å²) in [4.78, 5) is 31.4. The Kier molecular flexibility index (Phi) is 5.21. The molecule has 4 aliphatic rings. The maximum Gasteiger partial charge on any atom is 0.250 e. The van der Waals surface area contributed by atoms with Crippen molar-refractivity contribution in [2.75, 3.05) is 54.4 Å². The van der Waals surface area contributed by atoms with Crippen molar-refractivity contribution in [1.82, 2.24) is 19.5 Å². The first-order chi connectivity index (χ1) is 15.7. The van der Waals surface area contributed by atoms with Gasteiger partial charge in [-0.3, -0.25) is 4.79 Å². The first kappa shape index (κ1) is 20.0. The standard InChI is InChI=1S/C23H31N7O2/c31-20-7-3-6-19-17-11-16(14-30(19)20)13-29(15-17)23-26-21(24-12-18-5-4-10-32-18)25-22(27-23)28-8-1-2-9-28/h3,6-7,16-18H,1-2,4-5,8-15H2,(H,24,25,26,27)/t16-,17+,18+/m1/s1. The minimum atomic E-state index is 0.114. The van der Waals surface area contributed by atoms with Crippen LogP contribution < -0.4 is 20.7 Å². The average Bonchev–Trinajstić information content (AvgIpc) is 3.53. The highest BCUT2D eigenvalue weighted by Crippen LogP contribution is 2.36. The number of nitrogens with one attached hydrogen (secondary N) is 1. The van der Waals surface area contributed by atoms with Crippen LogP contribution in [0.25, 0.3) is 0 Å². The number of hydrogen-bond donors (Lipinski definition) is 1. The molecule has 0 unspecified atom stereocenters. The summed E-state index contributed by atoms with van der Waals surface area (Å²) in [6.45, 7) is 6.03. The van der Waals surface area contributed by atoms with Crippen LogP contribution in [0.1, 0.15) is 43.7 Å². The first-order valence-electron chi connectivity index (χ1n) is 12.0. The number of fused-ring (bicyclic) bond motifs is 4. The van der Waals surface area contributed by atoms with E-state index >= 15 is 0 Å². The van der Waals surface area contributed by atoms with E-state index in [0.717, 1.165) is 82.7 Å². The molecule has 0 aliphatic carbocycles. The lowest BCUT2D eigenvalue weighted by atomic mass is 9.83. The molecule has 0 radical (unpaired) electrons. The highest BCUT2D eigenvalue weighted by molar-refractivity contribution is 5.47. The van der Waals surface area contributed by atoms with E-state index in [-0.39, 0.29) is 11.7 Å². The van der Waals surface area contributed by atoms with Crippen molar-refractivity contribution in [3.8, 4) is 0 Å². The number of rotatable bonds is 5. The van der Waals surface area contributed by atoms with Gasteiger partial charge in [-0.15, -0.1) is 0 Å². The SMILES string of the molecule is O=c1cccc2n1C[C@@H]1C[C@H]2CN(c2nc(NC[C@@H]3CCCO3)nc(N3CCCC3)n2)C1. The molecule has 3 atom stereocenters. The minimum absolute atomic E-state index is 0.114. The zero-order chi connectivity index (χ0) is 21.5. The van der Waals surface area contributed by atoms with Crippen LogP contribution in [0.3, 0.4) is 0 Å². The molecule has 9 nitrogen and oxygen atoms in total. The first-order valence-corrected chi connectivity index (χ1v) is 12.0. The fourth-order valence-corrected chi connectivity index (χ4v) is 5.70. The molecule has 9 heteroatoms. The number of aromatic nitrogens is 4. The van der Waals surface area contributed by atoms with Crippen molar-refractivity contribution >= 4 is 17.8 Å². The second-order valence-corrected chi connectivity index (χ2v) is 9.57. The molecule has 1 N–H and O–H groups in total. The molecule has 0 aromatic carbocycles. The maximum absolute atomic E-state index is 12.4. The average molecular weight is 438 g/mol. The molecule has 2 aromatic heterocycles. The Labute approximate surface area is 187 Å². The molecular formula is C23H31N7O2. The van der Waals surface area contributed by atoms with Gasteiger partial charge in [0.15, 0.2) is 0 Å². The molecule has 4 aliphatic heterocycles. The van der Waals surface area contributed by atoms with Crippen molar-refractivity contribution in [3.05, 3.63) is 34.2 Å². The van der Waals surface area contributed by atoms with Crippen LogP contribution in [0.5, 0.6) is 0 Å². The number of pyridine rings is 1. The second-order valence-electron chi connectivity index (χ2n) is 9.57. The summed E-state index contributed by atoms with van der Waals surface area (Å²) >= 11 is 0. The fraction of sp³-hybridized carbons (Fsp3) is 0.652. The van der Waals surface area contributed by atoms with Gasteiger partial charge >= 0.3 is 0 Å². The van der Waals surface area contributed by atoms with Gasteiger partial charge < -0.3 is 24.4 Å². The molecule has 2 bridgehead atoms. The van der Waals surface area contributed by atoms with Crippen LogP contribution in [0.15, 0.2) is 23.0 Å². The summed E-state index contributed by atoms with van der Waals surface area (Å²) in [6, 6.07) is 5.65. The van der Waals surface area contributed by atoms with E-state index in [2.05, 4.69) is 21.2 Å². The van der Waals surface area contributed by atoms with Crippen LogP contribution in [0.2, 0.25) is 0 Å². The molecule has 3 saturated heterocycles. The molecule has 6 rings (SSSR count). The third-order valence-corrected chi connectivity index (χ3v) is 7.28. The highest BCUT2D eigenvalue weighted by atomic mass is 16.5. The molecule has 0 saturated carbocycles. The van der Waals surface area contributed by atoms with Crippen LogP contribution in [0, 0.1) is 5.92 Å². The Hall–Kier alpha value is -2.68. The zero-order valence-electron chi connectivity index (χ0n) is 18.4. The molecule has 0 amide bonds. The smallest absolute Gasteiger partial charge is 0.250 e. The van der Waals surface area contributed by atoms with Gasteiger partial charge in [0.2, 0.25) is 17.8 Å². The molecule has 6 heterocycles. The zero-order valence-corrected chi connectivity index (χ0v) is 18.4. The third-order valence-electron chi connectivity index (χ3n) is 7.28. The van der Waals surface area contributed by atoms with E-state index in [1.165, 1.54) is 12.8 Å². The summed E-state index contributed by atoms with van der Waals surface area (Å²) in [7, 11) is 0. The number of anilines is 3. The number of hydrogen-bond acceptors (Lipinski definition) is 8. The van der Waals surface area contributed by atoms with Gasteiger partial charge in [0.25, 0.3) is 5.56 Å². The van der Waals surface area contributed by atoms with Gasteiger partial charge in [-0.2, -0.15) is 15.0 Å². The predicted octanol–water partition coefficient (Wildman–Crippen LogP) is 1.85. The number of ether oxygens (including phenoxy) is 1. The lowest BCUT2D eigenvalue weighted by Gasteiger charge is -2.42. The Morgan fingerprint density at radius 3 is 2.66 bits per heavy atom. The van der Waals surface area contributed by atoms with Gasteiger partial charge in [-0.1, -0.05) is 6.07 Å². The molecule has 170 valence electrons. The van der Waals surface area contributed by atoms with Gasteiger partial charge in [0, 0.05) is 63.6 Å². The minimum Gasteiger partial charge on any atom is -0.376 e. The van der Waals surface area contributed by atoms with E-state index in [4.69, 9.17) is 19.7 Å². The Morgan fingerprint density at radius 1 is 1.00 bits per heavy atom. The fourth-order valence-electron chi connectivity index (χ4n) is 5.70. The lowest BCUT2D eigenvalue weighted by molar-refractivity contribution is 0.120. The Morgan fingerprint density at radius 2 is 1.84 bits per heavy atom. The van der Waals surface area contributed by atoms with E-state index in [1.54, 1.807) is 6.07 Å². The molecule has 2 aromatic rings. The lowest BCUT2D eigenvalue weighted by Crippen LogP contribution is -2.47. The summed E-state index contributed by atoms with van der Waals surface area (Å²) < 4.78 is 7.73. The Bertz CT molecular complexity index is 1030. The molecule has 0 spiro atoms. The number of piperidine rings is 1. The van der Waals surface area contributed by atoms with Crippen molar-refractivity contribution in [3.63, 3.8) is 0 Å². The van der Waals surface area contributed by atoms with E-state index in [9.17, 15) is 4.79 Å². The quantitative estimate of drug-likeness (QED) is 0.758. The summed E-state index contributed by atoms with van der Waals surface area (Å²) in [6.07, 6.45) is 5.91. The predicted molar refractivity (Wildman–Crippen MR) is 123 cm³/mol. The largest absolute Gasteiger partial charge is 0.376 e. The molecule has 3 fully saturated rings. The molecule has 32 heavy (non-hydrogen) atoms. The van der Waals surface area contributed by atoms with Crippen molar-refractivity contribution < 1.29 is 4.74 Å². The monoisotopic (exact) mass is 437 g/mol. The van der Waals surface area contributed by atoms with Crippen molar-refractivity contribution in [1.29, 1.82) is 0 Å². The van der Waals surface area contributed by atoms with Gasteiger partial charge in [0.05, 0.1) is 6.10 Å². The summed E-state index contributed by atoms with van der Waals surface area (Å²) in [5, 5.41) is 3.42. The third kappa shape index (κ3) is 3.83. The second kappa shape index (κ2) is 8.35. The number of nitrogens with zero attached hydrogens (tertiary/aromatic N) is 6. The topological polar surface area (TPSA) is 88.4 Å². The highest BCUT2D eigenvalue weighted by Gasteiger charge is 2.36. The normalized spacial score (nSPS) is 26.9. The van der Waals surface area contributed by atoms with Gasteiger partial charge in [0.1, 0.15) is 0 Å². The Balaban J connectivity index is 1.28. The van der Waals surface area contributed by atoms with Crippen LogP contribution >= 0.6 is 0 Å². The van der Waals surface area contributed by atoms with Gasteiger partial charge in [-0.25, -0.2) is 0 Å². The van der Waals surface area contributed by atoms with Crippen LogP contribution in [-0.4, -0.2) is 65.0 Å². The van der Waals surface area contributed by atoms with E-state index < -0.39 is 0 Å².